The van der Waals surface area contributed by atoms with Gasteiger partial charge in [0.25, 0.3) is 0 Å². The molecule has 1 N–H and O–H groups in total. The number of benzene rings is 1. The van der Waals surface area contributed by atoms with Crippen LogP contribution in [-0.4, -0.2) is 12.9 Å². The summed E-state index contributed by atoms with van der Waals surface area (Å²) in [7, 11) is 0. The SMILES string of the molecule is O=C1CCc2cc([B-](F)(F)F)ccc2N1.[K+]. The summed E-state index contributed by atoms with van der Waals surface area (Å²) < 4.78 is 37.2. The van der Waals surface area contributed by atoms with Crippen LogP contribution >= 0.6 is 0 Å². The van der Waals surface area contributed by atoms with Gasteiger partial charge in [0.05, 0.1) is 0 Å². The first-order valence-electron chi connectivity index (χ1n) is 4.59. The molecule has 7 heteroatoms. The van der Waals surface area contributed by atoms with Crippen molar-refractivity contribution in [3.8, 4) is 0 Å². The topological polar surface area (TPSA) is 29.1 Å². The summed E-state index contributed by atoms with van der Waals surface area (Å²) in [5.74, 6) is -0.146. The molecule has 0 aromatic heterocycles. The Bertz CT molecular complexity index is 422. The number of carbonyl (C=O) groups excluding carboxylic acids is 1. The predicted molar refractivity (Wildman–Crippen MR) is 52.1 cm³/mol. The van der Waals surface area contributed by atoms with Crippen LogP contribution in [0.2, 0.25) is 0 Å². The van der Waals surface area contributed by atoms with Crippen LogP contribution in [0.1, 0.15) is 12.0 Å². The summed E-state index contributed by atoms with van der Waals surface area (Å²) >= 11 is 0. The van der Waals surface area contributed by atoms with Crippen molar-refractivity contribution in [2.75, 3.05) is 5.32 Å². The second-order valence-electron chi connectivity index (χ2n) is 3.54. The third-order valence-electron chi connectivity index (χ3n) is 2.40. The Kier molecular flexibility index (Phi) is 4.65. The number of fused-ring (bicyclic) bond motifs is 1. The van der Waals surface area contributed by atoms with Gasteiger partial charge in [-0.05, 0) is 18.1 Å². The quantitative estimate of drug-likeness (QED) is 0.615. The third kappa shape index (κ3) is 3.10. The molecular formula is C9H8BF3KNO. The summed E-state index contributed by atoms with van der Waals surface area (Å²) in [5.41, 5.74) is 0.450. The molecule has 0 atom stereocenters. The van der Waals surface area contributed by atoms with Crippen molar-refractivity contribution < 1.29 is 69.1 Å². The number of anilines is 1. The van der Waals surface area contributed by atoms with E-state index < -0.39 is 12.4 Å². The van der Waals surface area contributed by atoms with E-state index in [0.717, 1.165) is 12.1 Å². The zero-order valence-corrected chi connectivity index (χ0v) is 11.9. The number of hydrogen-bond donors (Lipinski definition) is 1. The average molecular weight is 253 g/mol. The molecule has 0 bridgehead atoms. The number of carbonyl (C=O) groups is 1. The van der Waals surface area contributed by atoms with Crippen molar-refractivity contribution in [1.29, 1.82) is 0 Å². The minimum atomic E-state index is -4.95. The molecule has 0 unspecified atom stereocenters. The molecule has 2 nitrogen and oxygen atoms in total. The summed E-state index contributed by atoms with van der Waals surface area (Å²) in [5, 5.41) is 2.54. The molecule has 0 radical (unpaired) electrons. The van der Waals surface area contributed by atoms with Crippen LogP contribution in [0.3, 0.4) is 0 Å². The van der Waals surface area contributed by atoms with Gasteiger partial charge in [-0.1, -0.05) is 12.1 Å². The molecule has 0 saturated carbocycles. The van der Waals surface area contributed by atoms with Gasteiger partial charge in [0, 0.05) is 12.1 Å². The fourth-order valence-corrected chi connectivity index (χ4v) is 1.61. The monoisotopic (exact) mass is 253 g/mol. The van der Waals surface area contributed by atoms with Gasteiger partial charge < -0.3 is 18.3 Å². The van der Waals surface area contributed by atoms with Crippen molar-refractivity contribution >= 4 is 24.0 Å². The second kappa shape index (κ2) is 5.22. The van der Waals surface area contributed by atoms with Gasteiger partial charge in [-0.2, -0.15) is 0 Å². The molecule has 1 aliphatic heterocycles. The van der Waals surface area contributed by atoms with E-state index in [1.807, 2.05) is 0 Å². The van der Waals surface area contributed by atoms with Gasteiger partial charge in [-0.3, -0.25) is 4.79 Å². The van der Waals surface area contributed by atoms with E-state index in [4.69, 9.17) is 0 Å². The molecule has 1 aromatic rings. The maximum atomic E-state index is 12.4. The van der Waals surface area contributed by atoms with Crippen LogP contribution in [0.4, 0.5) is 18.6 Å². The van der Waals surface area contributed by atoms with Crippen LogP contribution in [0.25, 0.3) is 0 Å². The summed E-state index contributed by atoms with van der Waals surface area (Å²) in [6.07, 6.45) is 0.627. The maximum absolute atomic E-state index is 12.4. The van der Waals surface area contributed by atoms with E-state index in [-0.39, 0.29) is 63.7 Å². The van der Waals surface area contributed by atoms with Gasteiger partial charge >= 0.3 is 58.4 Å². The van der Waals surface area contributed by atoms with Gasteiger partial charge in [-0.15, -0.1) is 5.46 Å². The molecular weight excluding hydrogens is 245 g/mol. The summed E-state index contributed by atoms with van der Waals surface area (Å²) in [6.45, 7) is -4.95. The van der Waals surface area contributed by atoms with E-state index in [1.54, 1.807) is 0 Å². The first-order valence-corrected chi connectivity index (χ1v) is 4.59. The van der Waals surface area contributed by atoms with E-state index in [1.165, 1.54) is 6.07 Å². The first-order chi connectivity index (χ1) is 6.97. The molecule has 1 aliphatic rings. The number of halogens is 3. The zero-order valence-electron chi connectivity index (χ0n) is 8.77. The zero-order chi connectivity index (χ0) is 11.1. The Morgan fingerprint density at radius 2 is 1.88 bits per heavy atom. The van der Waals surface area contributed by atoms with Crippen molar-refractivity contribution in [3.05, 3.63) is 23.8 Å². The van der Waals surface area contributed by atoms with Gasteiger partial charge in [-0.25, -0.2) is 0 Å². The Hall–Kier alpha value is 0.181. The van der Waals surface area contributed by atoms with Crippen molar-refractivity contribution in [1.82, 2.24) is 0 Å². The molecule has 0 aliphatic carbocycles. The Balaban J connectivity index is 0.00000128. The van der Waals surface area contributed by atoms with Crippen molar-refractivity contribution in [3.63, 3.8) is 0 Å². The Labute approximate surface area is 133 Å². The molecule has 80 valence electrons. The fraction of sp³-hybridized carbons (Fsp3) is 0.222. The number of aryl methyl sites for hydroxylation is 1. The molecule has 1 aromatic carbocycles. The van der Waals surface area contributed by atoms with Crippen molar-refractivity contribution in [2.24, 2.45) is 0 Å². The van der Waals surface area contributed by atoms with Crippen LogP contribution in [0.5, 0.6) is 0 Å². The maximum Gasteiger partial charge on any atom is 1.00 e. The number of hydrogen-bond acceptors (Lipinski definition) is 1. The minimum absolute atomic E-state index is 0. The molecule has 2 rings (SSSR count). The van der Waals surface area contributed by atoms with Gasteiger partial charge in [0.15, 0.2) is 0 Å². The standard InChI is InChI=1S/C9H8BF3NO.K/c11-10(12,13)7-2-3-8-6(5-7)1-4-9(15)14-8;/h2-3,5H,1,4H2,(H,14,15);/q-1;+1. The predicted octanol–water partition coefficient (Wildman–Crippen LogP) is -1.37. The van der Waals surface area contributed by atoms with Crippen LogP contribution in [0.15, 0.2) is 18.2 Å². The molecule has 1 amide bonds. The Morgan fingerprint density at radius 3 is 2.50 bits per heavy atom. The molecule has 0 fully saturated rings. The minimum Gasteiger partial charge on any atom is -0.445 e. The molecule has 0 spiro atoms. The largest absolute Gasteiger partial charge is 1.00 e. The number of rotatable bonds is 1. The third-order valence-corrected chi connectivity index (χ3v) is 2.40. The van der Waals surface area contributed by atoms with E-state index >= 15 is 0 Å². The van der Waals surface area contributed by atoms with Crippen LogP contribution in [-0.2, 0) is 11.2 Å². The number of nitrogens with one attached hydrogen (secondary N) is 1. The molecule has 1 heterocycles. The van der Waals surface area contributed by atoms with Gasteiger partial charge in [0.1, 0.15) is 0 Å². The fourth-order valence-electron chi connectivity index (χ4n) is 1.61. The summed E-state index contributed by atoms with van der Waals surface area (Å²) in [6, 6.07) is 3.44. The van der Waals surface area contributed by atoms with Crippen LogP contribution in [0, 0.1) is 0 Å². The van der Waals surface area contributed by atoms with Gasteiger partial charge in [0.2, 0.25) is 5.91 Å². The number of amides is 1. The van der Waals surface area contributed by atoms with Crippen molar-refractivity contribution in [2.45, 2.75) is 12.8 Å². The van der Waals surface area contributed by atoms with Crippen LogP contribution < -0.4 is 62.2 Å². The smallest absolute Gasteiger partial charge is 0.445 e. The first kappa shape index (κ1) is 14.2. The average Bonchev–Trinajstić information content (AvgIpc) is 2.15. The van der Waals surface area contributed by atoms with E-state index in [9.17, 15) is 17.7 Å². The Morgan fingerprint density at radius 1 is 1.19 bits per heavy atom. The normalized spacial score (nSPS) is 14.8. The summed E-state index contributed by atoms with van der Waals surface area (Å²) in [4.78, 5) is 11.0. The molecule has 0 saturated heterocycles. The molecule has 16 heavy (non-hydrogen) atoms. The second-order valence-corrected chi connectivity index (χ2v) is 3.54. The van der Waals surface area contributed by atoms with E-state index in [0.29, 0.717) is 17.7 Å². The van der Waals surface area contributed by atoms with E-state index in [2.05, 4.69) is 5.32 Å².